The van der Waals surface area contributed by atoms with Crippen LogP contribution >= 0.6 is 0 Å². The summed E-state index contributed by atoms with van der Waals surface area (Å²) >= 11 is 0. The second kappa shape index (κ2) is 4.27. The van der Waals surface area contributed by atoms with Crippen LogP contribution in [0.4, 0.5) is 0 Å². The first kappa shape index (κ1) is 10.8. The minimum atomic E-state index is 0.0595. The van der Waals surface area contributed by atoms with Crippen LogP contribution in [0.3, 0.4) is 0 Å². The summed E-state index contributed by atoms with van der Waals surface area (Å²) < 4.78 is 0. The largest absolute Gasteiger partial charge is 0.360 e. The molecule has 0 amide bonds. The molecule has 2 nitrogen and oxygen atoms in total. The molecule has 1 aliphatic heterocycles. The predicted octanol–water partition coefficient (Wildman–Crippen LogP) is 1.67. The fourth-order valence-corrected chi connectivity index (χ4v) is 1.37. The first-order valence-corrected chi connectivity index (χ1v) is 5.08. The monoisotopic (exact) mass is 190 g/mol. The summed E-state index contributed by atoms with van der Waals surface area (Å²) in [4.78, 5) is 7.36. The fraction of sp³-hybridized carbons (Fsp3) is 0.417. The smallest absolute Gasteiger partial charge is 0.0636 e. The molecule has 2 rings (SSSR count). The quantitative estimate of drug-likeness (QED) is 0.644. The molecule has 0 unspecified atom stereocenters. The summed E-state index contributed by atoms with van der Waals surface area (Å²) in [6, 6.07) is 2.07. The number of aromatic amines is 1. The summed E-state index contributed by atoms with van der Waals surface area (Å²) in [5, 5.41) is 2.33. The Hall–Kier alpha value is -1.31. The van der Waals surface area contributed by atoms with E-state index < -0.39 is 0 Å². The third-order valence-corrected chi connectivity index (χ3v) is 1.95. The van der Waals surface area contributed by atoms with Crippen molar-refractivity contribution in [3.63, 3.8) is 0 Å². The van der Waals surface area contributed by atoms with Crippen molar-refractivity contribution >= 4 is 18.5 Å². The Kier molecular flexibility index (Phi) is 3.28. The van der Waals surface area contributed by atoms with Crippen LogP contribution in [0.2, 0.25) is 0 Å². The number of hydrogen-bond donors (Lipinski definition) is 1. The Balaban J connectivity index is 0.000000461. The van der Waals surface area contributed by atoms with Crippen LogP contribution in [0.5, 0.6) is 0 Å². The van der Waals surface area contributed by atoms with E-state index in [9.17, 15) is 0 Å². The lowest BCUT2D eigenvalue weighted by molar-refractivity contribution is 0.741. The normalized spacial score (nSPS) is 16.6. The van der Waals surface area contributed by atoms with Crippen molar-refractivity contribution in [1.29, 1.82) is 0 Å². The highest BCUT2D eigenvalue weighted by atomic mass is 14.7. The van der Waals surface area contributed by atoms with E-state index in [4.69, 9.17) is 0 Å². The summed E-state index contributed by atoms with van der Waals surface area (Å²) in [7, 11) is 0. The van der Waals surface area contributed by atoms with Gasteiger partial charge < -0.3 is 4.98 Å². The minimum absolute atomic E-state index is 0.0595. The number of fused-ring (bicyclic) bond motifs is 1. The highest BCUT2D eigenvalue weighted by molar-refractivity contribution is 5.76. The van der Waals surface area contributed by atoms with Gasteiger partial charge in [-0.2, -0.15) is 0 Å². The van der Waals surface area contributed by atoms with E-state index in [2.05, 4.69) is 36.0 Å². The van der Waals surface area contributed by atoms with E-state index in [0.29, 0.717) is 0 Å². The molecule has 1 aliphatic rings. The van der Waals surface area contributed by atoms with E-state index in [1.165, 1.54) is 5.22 Å². The number of nitrogens with zero attached hydrogens (tertiary/aromatic N) is 1. The Morgan fingerprint density at radius 3 is 2.71 bits per heavy atom. The molecule has 76 valence electrons. The van der Waals surface area contributed by atoms with Crippen molar-refractivity contribution in [3.05, 3.63) is 22.8 Å². The highest BCUT2D eigenvalue weighted by Crippen LogP contribution is 2.13. The van der Waals surface area contributed by atoms with Gasteiger partial charge in [0.1, 0.15) is 0 Å². The van der Waals surface area contributed by atoms with Crippen molar-refractivity contribution in [2.75, 3.05) is 0 Å². The molecule has 0 fully saturated rings. The van der Waals surface area contributed by atoms with E-state index in [1.54, 1.807) is 0 Å². The number of aliphatic imine (C=N–C) groups is 1. The standard InChI is InChI=1S/C10H12N2.C2H6/c1-10(2)5-8-3-4-12-9(8)6-11-7-10;1-2/h3-7,12H,1-2H3;1-2H3. The fourth-order valence-electron chi connectivity index (χ4n) is 1.37. The molecule has 1 aromatic rings. The molecular weight excluding hydrogens is 172 g/mol. The van der Waals surface area contributed by atoms with Crippen LogP contribution in [0.15, 0.2) is 17.3 Å². The van der Waals surface area contributed by atoms with Gasteiger partial charge in [0.05, 0.1) is 11.5 Å². The highest BCUT2D eigenvalue weighted by Gasteiger charge is 2.11. The molecule has 0 aromatic carbocycles. The Bertz CT molecular complexity index is 421. The van der Waals surface area contributed by atoms with Crippen molar-refractivity contribution in [3.8, 4) is 0 Å². The zero-order chi connectivity index (χ0) is 10.6. The predicted molar refractivity (Wildman–Crippen MR) is 62.6 cm³/mol. The van der Waals surface area contributed by atoms with E-state index in [1.807, 2.05) is 32.5 Å². The molecule has 0 saturated carbocycles. The number of aromatic nitrogens is 1. The Labute approximate surface area is 85.1 Å². The van der Waals surface area contributed by atoms with Crippen LogP contribution in [0.25, 0.3) is 12.3 Å². The maximum absolute atomic E-state index is 4.22. The summed E-state index contributed by atoms with van der Waals surface area (Å²) in [6.45, 7) is 8.29. The van der Waals surface area contributed by atoms with Crippen molar-refractivity contribution < 1.29 is 0 Å². The van der Waals surface area contributed by atoms with Gasteiger partial charge in [0.2, 0.25) is 0 Å². The average Bonchev–Trinajstić information content (AvgIpc) is 2.50. The van der Waals surface area contributed by atoms with Gasteiger partial charge in [0, 0.05) is 17.8 Å². The Morgan fingerprint density at radius 1 is 1.29 bits per heavy atom. The number of nitrogens with one attached hydrogen (secondary N) is 1. The molecular formula is C12H18N2. The van der Waals surface area contributed by atoms with Crippen LogP contribution in [-0.2, 0) is 0 Å². The van der Waals surface area contributed by atoms with Crippen LogP contribution in [0, 0.1) is 5.41 Å². The van der Waals surface area contributed by atoms with Crippen LogP contribution < -0.4 is 10.6 Å². The van der Waals surface area contributed by atoms with Gasteiger partial charge in [-0.25, -0.2) is 0 Å². The third-order valence-electron chi connectivity index (χ3n) is 1.95. The Morgan fingerprint density at radius 2 is 2.00 bits per heavy atom. The topological polar surface area (TPSA) is 28.1 Å². The molecule has 14 heavy (non-hydrogen) atoms. The van der Waals surface area contributed by atoms with E-state index in [-0.39, 0.29) is 5.41 Å². The molecule has 1 aromatic heterocycles. The lowest BCUT2D eigenvalue weighted by atomic mass is 9.94. The van der Waals surface area contributed by atoms with Gasteiger partial charge >= 0.3 is 0 Å². The molecule has 0 spiro atoms. The molecule has 1 N–H and O–H groups in total. The second-order valence-electron chi connectivity index (χ2n) is 3.72. The van der Waals surface area contributed by atoms with Gasteiger partial charge in [-0.15, -0.1) is 0 Å². The molecule has 0 saturated heterocycles. The second-order valence-corrected chi connectivity index (χ2v) is 3.72. The molecule has 2 heterocycles. The molecule has 0 atom stereocenters. The van der Waals surface area contributed by atoms with Gasteiger partial charge in [-0.1, -0.05) is 33.8 Å². The lowest BCUT2D eigenvalue weighted by Crippen LogP contribution is -2.23. The third kappa shape index (κ3) is 2.34. The van der Waals surface area contributed by atoms with Gasteiger partial charge in [0.15, 0.2) is 0 Å². The van der Waals surface area contributed by atoms with Gasteiger partial charge in [-0.05, 0) is 11.3 Å². The molecule has 0 aliphatic carbocycles. The number of hydrogen-bond acceptors (Lipinski definition) is 1. The zero-order valence-electron chi connectivity index (χ0n) is 9.33. The molecule has 0 bridgehead atoms. The summed E-state index contributed by atoms with van der Waals surface area (Å²) in [5.74, 6) is 0. The summed E-state index contributed by atoms with van der Waals surface area (Å²) in [6.07, 6.45) is 7.97. The first-order valence-electron chi connectivity index (χ1n) is 5.08. The first-order chi connectivity index (χ1) is 6.67. The number of rotatable bonds is 0. The van der Waals surface area contributed by atoms with Crippen molar-refractivity contribution in [2.24, 2.45) is 10.4 Å². The SMILES string of the molecule is CC.CC1(C)C=NC=c2[nH]ccc2=C1. The zero-order valence-corrected chi connectivity index (χ0v) is 9.33. The molecule has 2 heteroatoms. The average molecular weight is 190 g/mol. The lowest BCUT2D eigenvalue weighted by Gasteiger charge is -2.10. The maximum Gasteiger partial charge on any atom is 0.0636 e. The number of H-pyrrole nitrogens is 1. The summed E-state index contributed by atoms with van der Waals surface area (Å²) in [5.41, 5.74) is 0.0595. The molecule has 0 radical (unpaired) electrons. The van der Waals surface area contributed by atoms with E-state index in [0.717, 1.165) is 5.35 Å². The van der Waals surface area contributed by atoms with Crippen LogP contribution in [0.1, 0.15) is 27.7 Å². The van der Waals surface area contributed by atoms with Crippen molar-refractivity contribution in [2.45, 2.75) is 27.7 Å². The maximum atomic E-state index is 4.22. The van der Waals surface area contributed by atoms with Gasteiger partial charge in [-0.3, -0.25) is 4.99 Å². The van der Waals surface area contributed by atoms with Gasteiger partial charge in [0.25, 0.3) is 0 Å². The van der Waals surface area contributed by atoms with E-state index >= 15 is 0 Å². The van der Waals surface area contributed by atoms with Crippen LogP contribution in [-0.4, -0.2) is 11.2 Å². The van der Waals surface area contributed by atoms with Crippen molar-refractivity contribution in [1.82, 2.24) is 4.98 Å². The minimum Gasteiger partial charge on any atom is -0.360 e.